The Hall–Kier alpha value is -2.42. The van der Waals surface area contributed by atoms with Gasteiger partial charge in [0.05, 0.1) is 22.5 Å². The molecular weight excluding hydrogens is 326 g/mol. The molecule has 0 bridgehead atoms. The van der Waals surface area contributed by atoms with Crippen LogP contribution in [0.2, 0.25) is 0 Å². The summed E-state index contributed by atoms with van der Waals surface area (Å²) >= 11 is 0. The molecule has 0 saturated heterocycles. The van der Waals surface area contributed by atoms with Crippen LogP contribution >= 0.6 is 0 Å². The molecule has 0 radical (unpaired) electrons. The molecule has 2 rings (SSSR count). The van der Waals surface area contributed by atoms with Crippen molar-refractivity contribution < 1.29 is 31.3 Å². The van der Waals surface area contributed by atoms with Crippen LogP contribution in [0.4, 0.5) is 37.7 Å². The van der Waals surface area contributed by atoms with Gasteiger partial charge in [-0.25, -0.2) is 11.0 Å². The average molecular weight is 336 g/mol. The summed E-state index contributed by atoms with van der Waals surface area (Å²) in [5.41, 5.74) is 2.55. The van der Waals surface area contributed by atoms with Crippen molar-refractivity contribution >= 4 is 11.4 Å². The van der Waals surface area contributed by atoms with Crippen LogP contribution in [0.5, 0.6) is 0 Å². The molecule has 0 aliphatic rings. The first-order valence-corrected chi connectivity index (χ1v) is 6.18. The van der Waals surface area contributed by atoms with Gasteiger partial charge in [0.15, 0.2) is 0 Å². The van der Waals surface area contributed by atoms with Gasteiger partial charge in [-0.3, -0.25) is 0 Å². The zero-order valence-electron chi connectivity index (χ0n) is 11.3. The molecular formula is C14H10F6N2O. The number of anilines is 2. The van der Waals surface area contributed by atoms with E-state index in [-0.39, 0.29) is 11.4 Å². The molecule has 0 saturated carbocycles. The quantitative estimate of drug-likeness (QED) is 0.602. The average Bonchev–Trinajstić information content (AvgIpc) is 2.46. The molecule has 2 aromatic rings. The van der Waals surface area contributed by atoms with Crippen molar-refractivity contribution in [2.45, 2.75) is 12.4 Å². The lowest BCUT2D eigenvalue weighted by molar-refractivity contribution is -0.138. The highest BCUT2D eigenvalue weighted by atomic mass is 19.4. The lowest BCUT2D eigenvalue weighted by atomic mass is 10.2. The fourth-order valence-corrected chi connectivity index (χ4v) is 1.66. The van der Waals surface area contributed by atoms with Gasteiger partial charge in [0.2, 0.25) is 0 Å². The monoisotopic (exact) mass is 336 g/mol. The fraction of sp³-hybridized carbons (Fsp3) is 0.143. The van der Waals surface area contributed by atoms with Crippen LogP contribution in [-0.4, -0.2) is 0 Å². The van der Waals surface area contributed by atoms with E-state index in [2.05, 4.69) is 11.0 Å². The molecule has 2 aromatic carbocycles. The second-order valence-corrected chi connectivity index (χ2v) is 4.46. The molecule has 9 heteroatoms. The van der Waals surface area contributed by atoms with Gasteiger partial charge in [-0.05, 0) is 36.4 Å². The number of alkyl halides is 6. The first-order chi connectivity index (χ1) is 10.7. The predicted molar refractivity (Wildman–Crippen MR) is 71.2 cm³/mol. The van der Waals surface area contributed by atoms with Crippen LogP contribution in [0.25, 0.3) is 0 Å². The smallest absolute Gasteiger partial charge is 0.242 e. The second kappa shape index (κ2) is 6.37. The van der Waals surface area contributed by atoms with Gasteiger partial charge >= 0.3 is 12.4 Å². The number of benzene rings is 2. The third kappa shape index (κ3) is 4.78. The number of nitrogens with one attached hydrogen (secondary N) is 2. The van der Waals surface area contributed by atoms with Gasteiger partial charge in [0, 0.05) is 0 Å². The number of halogens is 6. The molecule has 3 nitrogen and oxygen atoms in total. The van der Waals surface area contributed by atoms with Crippen LogP contribution in [0.3, 0.4) is 0 Å². The molecule has 0 aromatic heterocycles. The Kier molecular flexibility index (Phi) is 4.69. The number of hydrogen-bond acceptors (Lipinski definition) is 3. The van der Waals surface area contributed by atoms with Gasteiger partial charge in [-0.1, -0.05) is 12.1 Å². The summed E-state index contributed by atoms with van der Waals surface area (Å²) in [4.78, 5) is 4.71. The Morgan fingerprint density at radius 1 is 0.652 bits per heavy atom. The number of hydrogen-bond donors (Lipinski definition) is 2. The highest BCUT2D eigenvalue weighted by molar-refractivity contribution is 5.47. The van der Waals surface area contributed by atoms with Crippen LogP contribution in [0.1, 0.15) is 11.1 Å². The maximum atomic E-state index is 12.5. The normalized spacial score (nSPS) is 12.1. The molecule has 23 heavy (non-hydrogen) atoms. The molecule has 0 amide bonds. The van der Waals surface area contributed by atoms with Crippen molar-refractivity contribution in [1.29, 1.82) is 0 Å². The summed E-state index contributed by atoms with van der Waals surface area (Å²) in [5, 5.41) is 0. The van der Waals surface area contributed by atoms with Crippen LogP contribution in [0, 0.1) is 0 Å². The van der Waals surface area contributed by atoms with Gasteiger partial charge in [-0.2, -0.15) is 31.3 Å². The molecule has 0 aliphatic carbocycles. The minimum atomic E-state index is -4.51. The molecule has 0 spiro atoms. The van der Waals surface area contributed by atoms with E-state index in [0.717, 1.165) is 24.3 Å². The first-order valence-electron chi connectivity index (χ1n) is 6.18. The van der Waals surface area contributed by atoms with E-state index >= 15 is 0 Å². The van der Waals surface area contributed by atoms with Crippen molar-refractivity contribution in [3.05, 3.63) is 59.7 Å². The third-order valence-corrected chi connectivity index (χ3v) is 2.72. The SMILES string of the molecule is FC(F)(F)c1cccc(NONc2cccc(C(F)(F)F)c2)c1. The Morgan fingerprint density at radius 3 is 1.39 bits per heavy atom. The van der Waals surface area contributed by atoms with E-state index < -0.39 is 23.5 Å². The summed E-state index contributed by atoms with van der Waals surface area (Å²) in [6, 6.07) is 8.31. The van der Waals surface area contributed by atoms with Gasteiger partial charge < -0.3 is 0 Å². The Balaban J connectivity index is 1.98. The molecule has 0 unspecified atom stereocenters. The molecule has 124 valence electrons. The summed E-state index contributed by atoms with van der Waals surface area (Å²) < 4.78 is 75.1. The van der Waals surface area contributed by atoms with Crippen LogP contribution < -0.4 is 11.0 Å². The van der Waals surface area contributed by atoms with Crippen molar-refractivity contribution in [2.24, 2.45) is 0 Å². The zero-order valence-corrected chi connectivity index (χ0v) is 11.3. The first kappa shape index (κ1) is 16.9. The highest BCUT2D eigenvalue weighted by Gasteiger charge is 2.31. The minimum absolute atomic E-state index is 0.0145. The maximum absolute atomic E-state index is 12.5. The van der Waals surface area contributed by atoms with Crippen molar-refractivity contribution in [2.75, 3.05) is 11.0 Å². The maximum Gasteiger partial charge on any atom is 0.416 e. The van der Waals surface area contributed by atoms with Gasteiger partial charge in [0.1, 0.15) is 0 Å². The van der Waals surface area contributed by atoms with E-state index in [0.29, 0.717) is 0 Å². The largest absolute Gasteiger partial charge is 0.416 e. The lowest BCUT2D eigenvalue weighted by Crippen LogP contribution is -2.11. The Labute approximate surface area is 126 Å². The van der Waals surface area contributed by atoms with E-state index in [1.165, 1.54) is 24.3 Å². The molecule has 0 heterocycles. The summed E-state index contributed by atoms with van der Waals surface area (Å²) in [7, 11) is 0. The van der Waals surface area contributed by atoms with Crippen molar-refractivity contribution in [1.82, 2.24) is 0 Å². The highest BCUT2D eigenvalue weighted by Crippen LogP contribution is 2.31. The molecule has 0 aliphatic heterocycles. The Morgan fingerprint density at radius 2 is 1.04 bits per heavy atom. The molecule has 2 N–H and O–H groups in total. The summed E-state index contributed by atoms with van der Waals surface area (Å²) in [6.45, 7) is 0. The second-order valence-electron chi connectivity index (χ2n) is 4.46. The van der Waals surface area contributed by atoms with E-state index in [4.69, 9.17) is 4.94 Å². The van der Waals surface area contributed by atoms with Gasteiger partial charge in [0.25, 0.3) is 0 Å². The summed E-state index contributed by atoms with van der Waals surface area (Å²) in [6.07, 6.45) is -9.02. The van der Waals surface area contributed by atoms with Crippen LogP contribution in [0.15, 0.2) is 48.5 Å². The molecule has 0 atom stereocenters. The predicted octanol–water partition coefficient (Wildman–Crippen LogP) is 5.09. The lowest BCUT2D eigenvalue weighted by Gasteiger charge is -2.12. The standard InChI is InChI=1S/C14H10F6N2O/c15-13(16,17)9-3-1-5-11(7-9)21-23-22-12-6-2-4-10(8-12)14(18,19)20/h1-8,21-22H. The van der Waals surface area contributed by atoms with Crippen molar-refractivity contribution in [3.8, 4) is 0 Å². The minimum Gasteiger partial charge on any atom is -0.242 e. The third-order valence-electron chi connectivity index (χ3n) is 2.72. The van der Waals surface area contributed by atoms with E-state index in [1.807, 2.05) is 0 Å². The van der Waals surface area contributed by atoms with E-state index in [1.54, 1.807) is 0 Å². The van der Waals surface area contributed by atoms with Crippen LogP contribution in [-0.2, 0) is 17.3 Å². The number of rotatable bonds is 4. The zero-order chi connectivity index (χ0) is 17.1. The van der Waals surface area contributed by atoms with E-state index in [9.17, 15) is 26.3 Å². The fourth-order valence-electron chi connectivity index (χ4n) is 1.66. The molecule has 0 fully saturated rings. The summed E-state index contributed by atoms with van der Waals surface area (Å²) in [5.74, 6) is 0. The van der Waals surface area contributed by atoms with Gasteiger partial charge in [-0.15, -0.1) is 0 Å². The Bertz CT molecular complexity index is 611. The van der Waals surface area contributed by atoms with Crippen molar-refractivity contribution in [3.63, 3.8) is 0 Å². The topological polar surface area (TPSA) is 33.3 Å².